The van der Waals surface area contributed by atoms with E-state index >= 15 is 0 Å². The van der Waals surface area contributed by atoms with Gasteiger partial charge >= 0.3 is 11.8 Å². The molecule has 22 heavy (non-hydrogen) atoms. The SMILES string of the molecule is O=C(NC[C@@H]1C[C@@H]2C=C[C@H]1C2)c1nc(-c2ccncc2)no1. The van der Waals surface area contributed by atoms with Crippen molar-refractivity contribution in [2.75, 3.05) is 6.54 Å². The van der Waals surface area contributed by atoms with Crippen molar-refractivity contribution in [2.45, 2.75) is 12.8 Å². The van der Waals surface area contributed by atoms with Crippen LogP contribution in [0.15, 0.2) is 41.2 Å². The highest BCUT2D eigenvalue weighted by molar-refractivity contribution is 5.89. The van der Waals surface area contributed by atoms with E-state index in [1.54, 1.807) is 24.5 Å². The van der Waals surface area contributed by atoms with Gasteiger partial charge in [-0.3, -0.25) is 9.78 Å². The van der Waals surface area contributed by atoms with Gasteiger partial charge in [0.2, 0.25) is 5.82 Å². The summed E-state index contributed by atoms with van der Waals surface area (Å²) < 4.78 is 5.05. The van der Waals surface area contributed by atoms with Crippen LogP contribution < -0.4 is 5.32 Å². The number of pyridine rings is 1. The van der Waals surface area contributed by atoms with E-state index in [0.29, 0.717) is 30.1 Å². The number of hydrogen-bond acceptors (Lipinski definition) is 5. The molecule has 1 amide bonds. The fraction of sp³-hybridized carbons (Fsp3) is 0.375. The normalized spacial score (nSPS) is 25.5. The van der Waals surface area contributed by atoms with E-state index in [1.165, 1.54) is 6.42 Å². The minimum absolute atomic E-state index is 0.00510. The van der Waals surface area contributed by atoms with Gasteiger partial charge in [-0.05, 0) is 42.7 Å². The lowest BCUT2D eigenvalue weighted by molar-refractivity contribution is 0.0901. The van der Waals surface area contributed by atoms with Crippen molar-refractivity contribution in [1.29, 1.82) is 0 Å². The third-order valence-electron chi connectivity index (χ3n) is 4.50. The second kappa shape index (κ2) is 5.36. The van der Waals surface area contributed by atoms with Gasteiger partial charge in [-0.2, -0.15) is 4.98 Å². The smallest absolute Gasteiger partial charge is 0.316 e. The number of rotatable bonds is 4. The molecule has 1 fully saturated rings. The molecule has 0 saturated heterocycles. The zero-order valence-corrected chi connectivity index (χ0v) is 12.0. The Kier molecular flexibility index (Phi) is 3.21. The van der Waals surface area contributed by atoms with Crippen molar-refractivity contribution in [3.63, 3.8) is 0 Å². The summed E-state index contributed by atoms with van der Waals surface area (Å²) in [4.78, 5) is 20.2. The lowest BCUT2D eigenvalue weighted by Crippen LogP contribution is -2.31. The quantitative estimate of drug-likeness (QED) is 0.874. The highest BCUT2D eigenvalue weighted by Gasteiger charge is 2.35. The number of aromatic nitrogens is 3. The summed E-state index contributed by atoms with van der Waals surface area (Å²) in [7, 11) is 0. The van der Waals surface area contributed by atoms with Crippen LogP contribution in [0, 0.1) is 17.8 Å². The van der Waals surface area contributed by atoms with E-state index in [2.05, 4.69) is 32.6 Å². The Morgan fingerprint density at radius 2 is 2.14 bits per heavy atom. The first kappa shape index (κ1) is 13.2. The number of nitrogens with one attached hydrogen (secondary N) is 1. The number of hydrogen-bond donors (Lipinski definition) is 1. The standard InChI is InChI=1S/C16H16N4O2/c21-15(18-9-13-8-10-1-2-12(13)7-10)16-19-14(20-22-16)11-3-5-17-6-4-11/h1-6,10,12-13H,7-9H2,(H,18,21)/t10-,12+,13+/m1/s1. The van der Waals surface area contributed by atoms with Gasteiger partial charge in [0.25, 0.3) is 0 Å². The monoisotopic (exact) mass is 296 g/mol. The van der Waals surface area contributed by atoms with Gasteiger partial charge in [-0.25, -0.2) is 0 Å². The van der Waals surface area contributed by atoms with Gasteiger partial charge in [0, 0.05) is 24.5 Å². The number of fused-ring (bicyclic) bond motifs is 2. The highest BCUT2D eigenvalue weighted by Crippen LogP contribution is 2.42. The Bertz CT molecular complexity index is 710. The fourth-order valence-electron chi connectivity index (χ4n) is 3.36. The molecule has 112 valence electrons. The lowest BCUT2D eigenvalue weighted by atomic mass is 9.94. The zero-order valence-electron chi connectivity index (χ0n) is 12.0. The molecule has 2 aromatic rings. The molecule has 2 aliphatic rings. The van der Waals surface area contributed by atoms with Gasteiger partial charge < -0.3 is 9.84 Å². The first-order chi connectivity index (χ1) is 10.8. The number of allylic oxidation sites excluding steroid dienone is 2. The minimum atomic E-state index is -0.306. The molecule has 0 unspecified atom stereocenters. The first-order valence-corrected chi connectivity index (χ1v) is 7.50. The van der Waals surface area contributed by atoms with Gasteiger partial charge in [0.05, 0.1) is 0 Å². The maximum Gasteiger partial charge on any atom is 0.316 e. The van der Waals surface area contributed by atoms with E-state index in [0.717, 1.165) is 12.0 Å². The third-order valence-corrected chi connectivity index (χ3v) is 4.50. The van der Waals surface area contributed by atoms with Gasteiger partial charge in [-0.15, -0.1) is 0 Å². The molecule has 6 heteroatoms. The lowest BCUT2D eigenvalue weighted by Gasteiger charge is -2.17. The zero-order chi connectivity index (χ0) is 14.9. The summed E-state index contributed by atoms with van der Waals surface area (Å²) in [6.07, 6.45) is 10.3. The molecule has 2 aliphatic carbocycles. The molecule has 0 spiro atoms. The summed E-state index contributed by atoms with van der Waals surface area (Å²) >= 11 is 0. The Labute approximate surface area is 127 Å². The molecule has 0 aromatic carbocycles. The van der Waals surface area contributed by atoms with Crippen LogP contribution in [-0.2, 0) is 0 Å². The molecule has 1 saturated carbocycles. The second-order valence-corrected chi connectivity index (χ2v) is 5.91. The average Bonchev–Trinajstić information content (AvgIpc) is 3.29. The molecule has 2 bridgehead atoms. The predicted octanol–water partition coefficient (Wildman–Crippen LogP) is 2.07. The molecule has 4 rings (SSSR count). The Morgan fingerprint density at radius 1 is 1.27 bits per heavy atom. The summed E-state index contributed by atoms with van der Waals surface area (Å²) in [5.41, 5.74) is 0.774. The Hall–Kier alpha value is -2.50. The van der Waals surface area contributed by atoms with Crippen LogP contribution in [0.25, 0.3) is 11.4 Å². The number of carbonyl (C=O) groups excluding carboxylic acids is 1. The highest BCUT2D eigenvalue weighted by atomic mass is 16.5. The van der Waals surface area contributed by atoms with Gasteiger partial charge in [-0.1, -0.05) is 17.3 Å². The largest absolute Gasteiger partial charge is 0.348 e. The van der Waals surface area contributed by atoms with E-state index < -0.39 is 0 Å². The summed E-state index contributed by atoms with van der Waals surface area (Å²) in [5.74, 6) is 1.94. The molecule has 2 aromatic heterocycles. The summed E-state index contributed by atoms with van der Waals surface area (Å²) in [5, 5.41) is 6.75. The van der Waals surface area contributed by atoms with Crippen LogP contribution in [0.2, 0.25) is 0 Å². The van der Waals surface area contributed by atoms with Crippen LogP contribution in [0.4, 0.5) is 0 Å². The fourth-order valence-corrected chi connectivity index (χ4v) is 3.36. The maximum atomic E-state index is 12.1. The molecular weight excluding hydrogens is 280 g/mol. The molecular formula is C16H16N4O2. The predicted molar refractivity (Wildman–Crippen MR) is 78.7 cm³/mol. The van der Waals surface area contributed by atoms with E-state index in [1.807, 2.05) is 0 Å². The summed E-state index contributed by atoms with van der Waals surface area (Å²) in [6.45, 7) is 0.664. The molecule has 1 N–H and O–H groups in total. The maximum absolute atomic E-state index is 12.1. The Balaban J connectivity index is 1.39. The average molecular weight is 296 g/mol. The molecule has 3 atom stereocenters. The number of nitrogens with zero attached hydrogens (tertiary/aromatic N) is 3. The molecule has 0 aliphatic heterocycles. The van der Waals surface area contributed by atoms with E-state index in [9.17, 15) is 4.79 Å². The van der Waals surface area contributed by atoms with Crippen LogP contribution in [0.1, 0.15) is 23.5 Å². The van der Waals surface area contributed by atoms with Crippen LogP contribution >= 0.6 is 0 Å². The number of carbonyl (C=O) groups is 1. The second-order valence-electron chi connectivity index (χ2n) is 5.91. The van der Waals surface area contributed by atoms with Crippen molar-refractivity contribution >= 4 is 5.91 Å². The van der Waals surface area contributed by atoms with Gasteiger partial charge in [0.1, 0.15) is 0 Å². The Morgan fingerprint density at radius 3 is 2.86 bits per heavy atom. The molecule has 2 heterocycles. The van der Waals surface area contributed by atoms with Crippen molar-refractivity contribution in [2.24, 2.45) is 17.8 Å². The first-order valence-electron chi connectivity index (χ1n) is 7.50. The van der Waals surface area contributed by atoms with Crippen LogP contribution in [-0.4, -0.2) is 27.6 Å². The van der Waals surface area contributed by atoms with Crippen molar-refractivity contribution in [1.82, 2.24) is 20.4 Å². The minimum Gasteiger partial charge on any atom is -0.348 e. The van der Waals surface area contributed by atoms with Crippen molar-refractivity contribution in [3.8, 4) is 11.4 Å². The van der Waals surface area contributed by atoms with E-state index in [4.69, 9.17) is 4.52 Å². The van der Waals surface area contributed by atoms with Gasteiger partial charge in [0.15, 0.2) is 0 Å². The number of amides is 1. The van der Waals surface area contributed by atoms with Crippen LogP contribution in [0.3, 0.4) is 0 Å². The summed E-state index contributed by atoms with van der Waals surface area (Å²) in [6, 6.07) is 3.54. The van der Waals surface area contributed by atoms with Crippen LogP contribution in [0.5, 0.6) is 0 Å². The van der Waals surface area contributed by atoms with Crippen molar-refractivity contribution < 1.29 is 9.32 Å². The third kappa shape index (κ3) is 2.41. The molecule has 0 radical (unpaired) electrons. The van der Waals surface area contributed by atoms with E-state index in [-0.39, 0.29) is 11.8 Å². The molecule has 6 nitrogen and oxygen atoms in total. The topological polar surface area (TPSA) is 80.9 Å². The van der Waals surface area contributed by atoms with Crippen molar-refractivity contribution in [3.05, 3.63) is 42.6 Å².